The Morgan fingerprint density at radius 1 is 1.12 bits per heavy atom. The highest BCUT2D eigenvalue weighted by molar-refractivity contribution is 6.35. The molecular formula is C14H15ClO. The van der Waals surface area contributed by atoms with Crippen LogP contribution in [-0.2, 0) is 0 Å². The van der Waals surface area contributed by atoms with Gasteiger partial charge in [-0.25, -0.2) is 0 Å². The molecular weight excluding hydrogens is 220 g/mol. The molecule has 84 valence electrons. The van der Waals surface area contributed by atoms with E-state index in [1.807, 2.05) is 36.4 Å². The Balaban J connectivity index is 2.58. The van der Waals surface area contributed by atoms with Crippen LogP contribution in [0.15, 0.2) is 36.4 Å². The average molecular weight is 235 g/mol. The molecule has 0 heterocycles. The Kier molecular flexibility index (Phi) is 3.47. The van der Waals surface area contributed by atoms with Gasteiger partial charge in [0.2, 0.25) is 0 Å². The molecule has 2 rings (SSSR count). The molecule has 0 aliphatic rings. The minimum atomic E-state index is -0.396. The lowest BCUT2D eigenvalue weighted by Gasteiger charge is -2.13. The summed E-state index contributed by atoms with van der Waals surface area (Å²) in [6.45, 7) is 2.07. The molecule has 1 nitrogen and oxygen atoms in total. The van der Waals surface area contributed by atoms with Crippen LogP contribution in [0.4, 0.5) is 0 Å². The summed E-state index contributed by atoms with van der Waals surface area (Å²) >= 11 is 6.13. The Hall–Kier alpha value is -1.05. The zero-order valence-electron chi connectivity index (χ0n) is 9.28. The molecule has 0 radical (unpaired) electrons. The van der Waals surface area contributed by atoms with Crippen LogP contribution in [0.5, 0.6) is 0 Å². The Morgan fingerprint density at radius 2 is 1.81 bits per heavy atom. The summed E-state index contributed by atoms with van der Waals surface area (Å²) < 4.78 is 0. The van der Waals surface area contributed by atoms with Gasteiger partial charge < -0.3 is 5.11 Å². The highest BCUT2D eigenvalue weighted by Crippen LogP contribution is 2.31. The van der Waals surface area contributed by atoms with Gasteiger partial charge in [-0.05, 0) is 23.4 Å². The number of halogens is 1. The molecule has 2 aromatic rings. The van der Waals surface area contributed by atoms with Gasteiger partial charge in [0.05, 0.1) is 6.10 Å². The van der Waals surface area contributed by atoms with Crippen molar-refractivity contribution in [1.29, 1.82) is 0 Å². The lowest BCUT2D eigenvalue weighted by atomic mass is 9.98. The van der Waals surface area contributed by atoms with Crippen molar-refractivity contribution in [3.63, 3.8) is 0 Å². The zero-order chi connectivity index (χ0) is 11.5. The molecule has 0 fully saturated rings. The van der Waals surface area contributed by atoms with E-state index in [2.05, 4.69) is 6.92 Å². The smallest absolute Gasteiger partial charge is 0.0796 e. The van der Waals surface area contributed by atoms with Gasteiger partial charge in [-0.1, -0.05) is 55.3 Å². The Bertz CT molecular complexity index is 493. The molecule has 0 spiro atoms. The fraction of sp³-hybridized carbons (Fsp3) is 0.286. The van der Waals surface area contributed by atoms with Crippen LogP contribution in [0, 0.1) is 0 Å². The summed E-state index contributed by atoms with van der Waals surface area (Å²) in [6.07, 6.45) is 1.36. The second-order valence-electron chi connectivity index (χ2n) is 3.99. The molecule has 0 aliphatic carbocycles. The lowest BCUT2D eigenvalue weighted by Crippen LogP contribution is -1.97. The van der Waals surface area contributed by atoms with E-state index in [1.165, 1.54) is 0 Å². The van der Waals surface area contributed by atoms with Gasteiger partial charge in [0.15, 0.2) is 0 Å². The van der Waals surface area contributed by atoms with Crippen LogP contribution < -0.4 is 0 Å². The monoisotopic (exact) mass is 234 g/mol. The van der Waals surface area contributed by atoms with Crippen molar-refractivity contribution in [2.24, 2.45) is 0 Å². The fourth-order valence-electron chi connectivity index (χ4n) is 2.01. The van der Waals surface area contributed by atoms with Gasteiger partial charge in [-0.3, -0.25) is 0 Å². The highest BCUT2D eigenvalue weighted by atomic mass is 35.5. The van der Waals surface area contributed by atoms with Crippen molar-refractivity contribution in [2.75, 3.05) is 0 Å². The second kappa shape index (κ2) is 4.86. The first-order chi connectivity index (χ1) is 7.74. The summed E-state index contributed by atoms with van der Waals surface area (Å²) in [7, 11) is 0. The topological polar surface area (TPSA) is 20.2 Å². The Morgan fingerprint density at radius 3 is 2.50 bits per heavy atom. The third kappa shape index (κ3) is 2.06. The van der Waals surface area contributed by atoms with Crippen molar-refractivity contribution in [2.45, 2.75) is 25.9 Å². The molecule has 2 heteroatoms. The van der Waals surface area contributed by atoms with E-state index in [1.54, 1.807) is 0 Å². The van der Waals surface area contributed by atoms with Crippen molar-refractivity contribution in [3.8, 4) is 0 Å². The standard InChI is InChI=1S/C14H15ClO/c1-2-5-14(16)12-8-9-13(15)11-7-4-3-6-10(11)12/h3-4,6-9,14,16H,2,5H2,1H3. The molecule has 0 bridgehead atoms. The van der Waals surface area contributed by atoms with E-state index in [-0.39, 0.29) is 0 Å². The zero-order valence-corrected chi connectivity index (χ0v) is 10.0. The van der Waals surface area contributed by atoms with Crippen LogP contribution >= 0.6 is 11.6 Å². The van der Waals surface area contributed by atoms with E-state index in [9.17, 15) is 5.11 Å². The maximum Gasteiger partial charge on any atom is 0.0796 e. The van der Waals surface area contributed by atoms with E-state index < -0.39 is 6.10 Å². The van der Waals surface area contributed by atoms with Crippen molar-refractivity contribution < 1.29 is 5.11 Å². The highest BCUT2D eigenvalue weighted by Gasteiger charge is 2.11. The predicted molar refractivity (Wildman–Crippen MR) is 68.8 cm³/mol. The second-order valence-corrected chi connectivity index (χ2v) is 4.39. The van der Waals surface area contributed by atoms with Gasteiger partial charge in [0.1, 0.15) is 0 Å². The summed E-state index contributed by atoms with van der Waals surface area (Å²) in [4.78, 5) is 0. The maximum absolute atomic E-state index is 10.1. The normalized spacial score (nSPS) is 12.9. The van der Waals surface area contributed by atoms with Gasteiger partial charge in [-0.15, -0.1) is 0 Å². The quantitative estimate of drug-likeness (QED) is 0.838. The van der Waals surface area contributed by atoms with E-state index in [0.29, 0.717) is 0 Å². The minimum Gasteiger partial charge on any atom is -0.388 e. The minimum absolute atomic E-state index is 0.396. The number of rotatable bonds is 3. The first-order valence-electron chi connectivity index (χ1n) is 5.59. The number of hydrogen-bond donors (Lipinski definition) is 1. The van der Waals surface area contributed by atoms with Crippen LogP contribution in [0.3, 0.4) is 0 Å². The SMILES string of the molecule is CCCC(O)c1ccc(Cl)c2ccccc12. The van der Waals surface area contributed by atoms with E-state index in [4.69, 9.17) is 11.6 Å². The lowest BCUT2D eigenvalue weighted by molar-refractivity contribution is 0.168. The van der Waals surface area contributed by atoms with Crippen molar-refractivity contribution >= 4 is 22.4 Å². The number of hydrogen-bond acceptors (Lipinski definition) is 1. The first kappa shape index (κ1) is 11.4. The number of fused-ring (bicyclic) bond motifs is 1. The summed E-state index contributed by atoms with van der Waals surface area (Å²) in [6, 6.07) is 11.7. The molecule has 1 atom stereocenters. The molecule has 0 aliphatic heterocycles. The maximum atomic E-state index is 10.1. The Labute approximate surface area is 101 Å². The van der Waals surface area contributed by atoms with Gasteiger partial charge >= 0.3 is 0 Å². The molecule has 0 amide bonds. The first-order valence-corrected chi connectivity index (χ1v) is 5.97. The fourth-order valence-corrected chi connectivity index (χ4v) is 2.23. The summed E-state index contributed by atoms with van der Waals surface area (Å²) in [5.74, 6) is 0. The molecule has 0 saturated heterocycles. The number of aliphatic hydroxyl groups excluding tert-OH is 1. The van der Waals surface area contributed by atoms with Crippen LogP contribution in [0.25, 0.3) is 10.8 Å². The average Bonchev–Trinajstić information content (AvgIpc) is 2.30. The molecule has 0 saturated carbocycles. The molecule has 16 heavy (non-hydrogen) atoms. The van der Waals surface area contributed by atoms with Gasteiger partial charge in [0.25, 0.3) is 0 Å². The van der Waals surface area contributed by atoms with Crippen LogP contribution in [-0.4, -0.2) is 5.11 Å². The summed E-state index contributed by atoms with van der Waals surface area (Å²) in [5.41, 5.74) is 0.974. The number of aliphatic hydroxyl groups is 1. The largest absolute Gasteiger partial charge is 0.388 e. The van der Waals surface area contributed by atoms with Crippen molar-refractivity contribution in [3.05, 3.63) is 47.0 Å². The molecule has 1 unspecified atom stereocenters. The van der Waals surface area contributed by atoms with E-state index >= 15 is 0 Å². The third-order valence-corrected chi connectivity index (χ3v) is 3.16. The third-order valence-electron chi connectivity index (χ3n) is 2.83. The molecule has 1 N–H and O–H groups in total. The predicted octanol–water partition coefficient (Wildman–Crippen LogP) is 4.33. The van der Waals surface area contributed by atoms with Gasteiger partial charge in [-0.2, -0.15) is 0 Å². The number of benzene rings is 2. The van der Waals surface area contributed by atoms with Crippen molar-refractivity contribution in [1.82, 2.24) is 0 Å². The van der Waals surface area contributed by atoms with Crippen LogP contribution in [0.2, 0.25) is 5.02 Å². The van der Waals surface area contributed by atoms with Gasteiger partial charge in [0, 0.05) is 10.4 Å². The van der Waals surface area contributed by atoms with Crippen LogP contribution in [0.1, 0.15) is 31.4 Å². The molecule has 2 aromatic carbocycles. The van der Waals surface area contributed by atoms with E-state index in [0.717, 1.165) is 34.2 Å². The summed E-state index contributed by atoms with van der Waals surface area (Å²) in [5, 5.41) is 12.9. The molecule has 0 aromatic heterocycles.